The van der Waals surface area contributed by atoms with E-state index in [2.05, 4.69) is 15.3 Å². The molecule has 1 N–H and O–H groups in total. The standard InChI is InChI=1S/C16H13F2N3/c1-10-5-6-14-13(7-10)16(20-9-19-14)21-12-4-2-3-11(8-12)15(17)18/h2-9,15H,1H3,(H,19,20,21). The number of alkyl halides is 2. The number of nitrogens with zero attached hydrogens (tertiary/aromatic N) is 2. The molecule has 0 atom stereocenters. The first kappa shape index (κ1) is 13.4. The van der Waals surface area contributed by atoms with E-state index < -0.39 is 6.43 Å². The Morgan fingerprint density at radius 1 is 1.05 bits per heavy atom. The highest BCUT2D eigenvalue weighted by Gasteiger charge is 2.09. The Morgan fingerprint density at radius 3 is 2.71 bits per heavy atom. The van der Waals surface area contributed by atoms with Gasteiger partial charge in [-0.25, -0.2) is 18.7 Å². The maximum absolute atomic E-state index is 12.7. The number of nitrogens with one attached hydrogen (secondary N) is 1. The number of aromatic nitrogens is 2. The van der Waals surface area contributed by atoms with Crippen LogP contribution in [-0.4, -0.2) is 9.97 Å². The molecule has 0 amide bonds. The Labute approximate surface area is 120 Å². The molecule has 0 spiro atoms. The summed E-state index contributed by atoms with van der Waals surface area (Å²) >= 11 is 0. The SMILES string of the molecule is Cc1ccc2ncnc(Nc3cccc(C(F)F)c3)c2c1. The van der Waals surface area contributed by atoms with Crippen molar-refractivity contribution in [2.45, 2.75) is 13.3 Å². The fourth-order valence-corrected chi connectivity index (χ4v) is 2.16. The van der Waals surface area contributed by atoms with E-state index in [1.807, 2.05) is 25.1 Å². The van der Waals surface area contributed by atoms with Crippen molar-refractivity contribution in [1.29, 1.82) is 0 Å². The van der Waals surface area contributed by atoms with Crippen LogP contribution in [0, 0.1) is 6.92 Å². The predicted molar refractivity (Wildman–Crippen MR) is 79.0 cm³/mol. The fourth-order valence-electron chi connectivity index (χ4n) is 2.16. The number of anilines is 2. The van der Waals surface area contributed by atoms with Gasteiger partial charge in [-0.2, -0.15) is 0 Å². The maximum Gasteiger partial charge on any atom is 0.263 e. The molecule has 0 aliphatic rings. The van der Waals surface area contributed by atoms with Crippen molar-refractivity contribution in [3.05, 3.63) is 59.9 Å². The van der Waals surface area contributed by atoms with Gasteiger partial charge in [0.2, 0.25) is 0 Å². The van der Waals surface area contributed by atoms with Gasteiger partial charge in [0, 0.05) is 16.6 Å². The van der Waals surface area contributed by atoms with E-state index in [1.165, 1.54) is 18.5 Å². The van der Waals surface area contributed by atoms with Crippen LogP contribution in [0.4, 0.5) is 20.3 Å². The molecule has 0 bridgehead atoms. The second kappa shape index (κ2) is 5.44. The topological polar surface area (TPSA) is 37.8 Å². The fraction of sp³-hybridized carbons (Fsp3) is 0.125. The highest BCUT2D eigenvalue weighted by Crippen LogP contribution is 2.26. The summed E-state index contributed by atoms with van der Waals surface area (Å²) in [6.45, 7) is 1.98. The number of aryl methyl sites for hydroxylation is 1. The molecule has 2 aromatic carbocycles. The monoisotopic (exact) mass is 285 g/mol. The molecular weight excluding hydrogens is 272 g/mol. The van der Waals surface area contributed by atoms with Crippen LogP contribution in [0.15, 0.2) is 48.8 Å². The number of halogens is 2. The van der Waals surface area contributed by atoms with Crippen LogP contribution in [0.25, 0.3) is 10.9 Å². The van der Waals surface area contributed by atoms with Crippen molar-refractivity contribution < 1.29 is 8.78 Å². The third-order valence-electron chi connectivity index (χ3n) is 3.19. The molecule has 0 fully saturated rings. The number of fused-ring (bicyclic) bond motifs is 1. The Morgan fingerprint density at radius 2 is 1.90 bits per heavy atom. The lowest BCUT2D eigenvalue weighted by atomic mass is 10.1. The Bertz CT molecular complexity index is 787. The average molecular weight is 285 g/mol. The van der Waals surface area contributed by atoms with Gasteiger partial charge in [-0.1, -0.05) is 23.8 Å². The number of hydrogen-bond acceptors (Lipinski definition) is 3. The van der Waals surface area contributed by atoms with E-state index in [0.717, 1.165) is 16.5 Å². The van der Waals surface area contributed by atoms with Crippen molar-refractivity contribution in [2.75, 3.05) is 5.32 Å². The quantitative estimate of drug-likeness (QED) is 0.763. The summed E-state index contributed by atoms with van der Waals surface area (Å²) in [4.78, 5) is 8.41. The van der Waals surface area contributed by atoms with Crippen molar-refractivity contribution in [3.63, 3.8) is 0 Å². The lowest BCUT2D eigenvalue weighted by Gasteiger charge is -2.10. The molecule has 0 aliphatic carbocycles. The lowest BCUT2D eigenvalue weighted by Crippen LogP contribution is -1.97. The molecule has 106 valence electrons. The van der Waals surface area contributed by atoms with Crippen LogP contribution in [0.2, 0.25) is 0 Å². The van der Waals surface area contributed by atoms with Gasteiger partial charge in [0.05, 0.1) is 5.52 Å². The zero-order valence-electron chi connectivity index (χ0n) is 11.3. The van der Waals surface area contributed by atoms with Crippen LogP contribution in [0.5, 0.6) is 0 Å². The molecule has 5 heteroatoms. The molecule has 0 aliphatic heterocycles. The van der Waals surface area contributed by atoms with Crippen molar-refractivity contribution in [2.24, 2.45) is 0 Å². The van der Waals surface area contributed by atoms with E-state index in [0.29, 0.717) is 11.5 Å². The minimum absolute atomic E-state index is 0.0189. The molecule has 1 aromatic heterocycles. The molecular formula is C16H13F2N3. The number of benzene rings is 2. The number of rotatable bonds is 3. The summed E-state index contributed by atoms with van der Waals surface area (Å²) in [6.07, 6.45) is -1.03. The summed E-state index contributed by atoms with van der Waals surface area (Å²) in [5, 5.41) is 3.95. The minimum Gasteiger partial charge on any atom is -0.340 e. The van der Waals surface area contributed by atoms with E-state index in [4.69, 9.17) is 0 Å². The van der Waals surface area contributed by atoms with Crippen LogP contribution in [-0.2, 0) is 0 Å². The Balaban J connectivity index is 2.02. The van der Waals surface area contributed by atoms with Gasteiger partial charge in [-0.3, -0.25) is 0 Å². The third-order valence-corrected chi connectivity index (χ3v) is 3.19. The van der Waals surface area contributed by atoms with Crippen molar-refractivity contribution >= 4 is 22.4 Å². The van der Waals surface area contributed by atoms with Gasteiger partial charge in [0.1, 0.15) is 12.1 Å². The van der Waals surface area contributed by atoms with Crippen molar-refractivity contribution in [1.82, 2.24) is 9.97 Å². The molecule has 3 nitrogen and oxygen atoms in total. The van der Waals surface area contributed by atoms with Crippen LogP contribution in [0.1, 0.15) is 17.6 Å². The van der Waals surface area contributed by atoms with Crippen LogP contribution >= 0.6 is 0 Å². The first-order chi connectivity index (χ1) is 10.1. The van der Waals surface area contributed by atoms with Crippen molar-refractivity contribution in [3.8, 4) is 0 Å². The van der Waals surface area contributed by atoms with Crippen LogP contribution < -0.4 is 5.32 Å². The predicted octanol–water partition coefficient (Wildman–Crippen LogP) is 4.62. The summed E-state index contributed by atoms with van der Waals surface area (Å²) in [7, 11) is 0. The Kier molecular flexibility index (Phi) is 3.48. The van der Waals surface area contributed by atoms with Gasteiger partial charge in [-0.15, -0.1) is 0 Å². The first-order valence-corrected chi connectivity index (χ1v) is 6.50. The smallest absolute Gasteiger partial charge is 0.263 e. The molecule has 3 rings (SSSR count). The van der Waals surface area contributed by atoms with E-state index >= 15 is 0 Å². The normalized spacial score (nSPS) is 11.0. The van der Waals surface area contributed by atoms with Crippen LogP contribution in [0.3, 0.4) is 0 Å². The number of hydrogen-bond donors (Lipinski definition) is 1. The zero-order valence-corrected chi connectivity index (χ0v) is 11.3. The van der Waals surface area contributed by atoms with Gasteiger partial charge < -0.3 is 5.32 Å². The largest absolute Gasteiger partial charge is 0.340 e. The minimum atomic E-state index is -2.49. The first-order valence-electron chi connectivity index (χ1n) is 6.50. The molecule has 0 unspecified atom stereocenters. The molecule has 21 heavy (non-hydrogen) atoms. The summed E-state index contributed by atoms with van der Waals surface area (Å²) in [6, 6.07) is 12.0. The molecule has 0 radical (unpaired) electrons. The van der Waals surface area contributed by atoms with E-state index in [-0.39, 0.29) is 5.56 Å². The summed E-state index contributed by atoms with van der Waals surface area (Å²) in [5.41, 5.74) is 2.45. The van der Waals surface area contributed by atoms with E-state index in [9.17, 15) is 8.78 Å². The van der Waals surface area contributed by atoms with Gasteiger partial charge in [-0.05, 0) is 31.2 Å². The van der Waals surface area contributed by atoms with E-state index in [1.54, 1.807) is 12.1 Å². The lowest BCUT2D eigenvalue weighted by molar-refractivity contribution is 0.151. The molecule has 0 saturated heterocycles. The van der Waals surface area contributed by atoms with Gasteiger partial charge >= 0.3 is 0 Å². The molecule has 0 saturated carbocycles. The second-order valence-electron chi connectivity index (χ2n) is 4.79. The molecule has 1 heterocycles. The average Bonchev–Trinajstić information content (AvgIpc) is 2.48. The summed E-state index contributed by atoms with van der Waals surface area (Å²) in [5.74, 6) is 0.607. The van der Waals surface area contributed by atoms with Gasteiger partial charge in [0.15, 0.2) is 0 Å². The summed E-state index contributed by atoms with van der Waals surface area (Å²) < 4.78 is 25.5. The highest BCUT2D eigenvalue weighted by molar-refractivity contribution is 5.91. The molecule has 3 aromatic rings. The van der Waals surface area contributed by atoms with Gasteiger partial charge in [0.25, 0.3) is 6.43 Å². The Hall–Kier alpha value is -2.56. The third kappa shape index (κ3) is 2.81. The maximum atomic E-state index is 12.7. The highest BCUT2D eigenvalue weighted by atomic mass is 19.3. The zero-order chi connectivity index (χ0) is 14.8. The second-order valence-corrected chi connectivity index (χ2v) is 4.79.